The van der Waals surface area contributed by atoms with E-state index in [4.69, 9.17) is 0 Å². The van der Waals surface area contributed by atoms with E-state index in [1.165, 1.54) is 27.4 Å². The Kier molecular flexibility index (Phi) is 6.06. The highest BCUT2D eigenvalue weighted by molar-refractivity contribution is 7.89. The van der Waals surface area contributed by atoms with Crippen LogP contribution in [0.25, 0.3) is 0 Å². The summed E-state index contributed by atoms with van der Waals surface area (Å²) in [6.45, 7) is 0.882. The van der Waals surface area contributed by atoms with Gasteiger partial charge in [-0.05, 0) is 35.7 Å². The monoisotopic (exact) mass is 445 g/mol. The zero-order chi connectivity index (χ0) is 22.0. The number of nitrogens with zero attached hydrogens (tertiary/aromatic N) is 2. The van der Waals surface area contributed by atoms with Crippen LogP contribution < -0.4 is 10.2 Å². The molecule has 1 N–H and O–H groups in total. The molecule has 1 atom stereocenters. The van der Waals surface area contributed by atoms with Gasteiger partial charge in [-0.15, -0.1) is 0 Å². The summed E-state index contributed by atoms with van der Waals surface area (Å²) in [5.41, 5.74) is 2.58. The lowest BCUT2D eigenvalue weighted by Crippen LogP contribution is -2.41. The molecule has 0 radical (unpaired) electrons. The Balaban J connectivity index is 1.30. The van der Waals surface area contributed by atoms with Crippen molar-refractivity contribution in [1.82, 2.24) is 9.62 Å². The smallest absolute Gasteiger partial charge is 0.227 e. The van der Waals surface area contributed by atoms with E-state index < -0.39 is 21.8 Å². The molecule has 0 saturated carbocycles. The molecule has 2 heterocycles. The van der Waals surface area contributed by atoms with Crippen LogP contribution in [0.2, 0.25) is 0 Å². The van der Waals surface area contributed by atoms with Crippen LogP contribution in [0.3, 0.4) is 0 Å². The number of fused-ring (bicyclic) bond motifs is 1. The summed E-state index contributed by atoms with van der Waals surface area (Å²) in [6, 6.07) is 13.4. The fourth-order valence-corrected chi connectivity index (χ4v) is 5.38. The molecule has 1 unspecified atom stereocenters. The zero-order valence-corrected chi connectivity index (χ0v) is 17.8. The van der Waals surface area contributed by atoms with Crippen molar-refractivity contribution in [1.29, 1.82) is 0 Å². The topological polar surface area (TPSA) is 86.8 Å². The van der Waals surface area contributed by atoms with Gasteiger partial charge >= 0.3 is 0 Å². The summed E-state index contributed by atoms with van der Waals surface area (Å²) >= 11 is 0. The van der Waals surface area contributed by atoms with Crippen LogP contribution in [-0.4, -0.2) is 49.9 Å². The van der Waals surface area contributed by atoms with Gasteiger partial charge in [0, 0.05) is 38.3 Å². The van der Waals surface area contributed by atoms with Crippen LogP contribution in [0.4, 0.5) is 10.1 Å². The molecule has 0 spiro atoms. The standard InChI is InChI=1S/C22H24FN3O4S/c23-19-6-3-7-20(13-19)26-15-18(12-21(26)27)22(28)24-9-11-31(29,30)25-10-8-16-4-1-2-5-17(16)14-25/h1-7,13,18H,8-12,14-15H2,(H,24,28). The van der Waals surface area contributed by atoms with Crippen LogP contribution in [0.1, 0.15) is 17.5 Å². The second-order valence-corrected chi connectivity index (χ2v) is 9.93. The van der Waals surface area contributed by atoms with Crippen LogP contribution in [-0.2, 0) is 32.6 Å². The minimum atomic E-state index is -3.51. The zero-order valence-electron chi connectivity index (χ0n) is 17.0. The lowest BCUT2D eigenvalue weighted by Gasteiger charge is -2.28. The number of rotatable bonds is 6. The molecule has 7 nitrogen and oxygen atoms in total. The van der Waals surface area contributed by atoms with Gasteiger partial charge in [0.2, 0.25) is 21.8 Å². The molecule has 0 aliphatic carbocycles. The molecule has 0 aromatic heterocycles. The van der Waals surface area contributed by atoms with Gasteiger partial charge in [0.05, 0.1) is 11.7 Å². The summed E-state index contributed by atoms with van der Waals surface area (Å²) in [6.07, 6.45) is 0.680. The van der Waals surface area contributed by atoms with Crippen molar-refractivity contribution in [2.24, 2.45) is 5.92 Å². The Hall–Kier alpha value is -2.78. The van der Waals surface area contributed by atoms with Gasteiger partial charge in [0.1, 0.15) is 5.82 Å². The molecule has 31 heavy (non-hydrogen) atoms. The van der Waals surface area contributed by atoms with E-state index in [2.05, 4.69) is 5.32 Å². The van der Waals surface area contributed by atoms with Crippen LogP contribution in [0, 0.1) is 11.7 Å². The Morgan fingerprint density at radius 3 is 2.68 bits per heavy atom. The maximum absolute atomic E-state index is 13.4. The average Bonchev–Trinajstić information content (AvgIpc) is 3.15. The number of nitrogens with one attached hydrogen (secondary N) is 1. The van der Waals surface area contributed by atoms with Crippen molar-refractivity contribution in [3.05, 3.63) is 65.5 Å². The molecule has 2 aromatic rings. The highest BCUT2D eigenvalue weighted by Crippen LogP contribution is 2.26. The van der Waals surface area contributed by atoms with E-state index >= 15 is 0 Å². The Bertz CT molecular complexity index is 1110. The summed E-state index contributed by atoms with van der Waals surface area (Å²) in [4.78, 5) is 26.1. The number of hydrogen-bond donors (Lipinski definition) is 1. The first-order valence-electron chi connectivity index (χ1n) is 10.2. The van der Waals surface area contributed by atoms with Gasteiger partial charge in [-0.2, -0.15) is 4.31 Å². The lowest BCUT2D eigenvalue weighted by molar-refractivity contribution is -0.126. The van der Waals surface area contributed by atoms with Crippen molar-refractivity contribution in [2.45, 2.75) is 19.4 Å². The number of sulfonamides is 1. The molecular formula is C22H24FN3O4S. The van der Waals surface area contributed by atoms with E-state index in [-0.39, 0.29) is 37.1 Å². The molecule has 9 heteroatoms. The third-order valence-corrected chi connectivity index (χ3v) is 7.58. The third-order valence-electron chi connectivity index (χ3n) is 5.76. The van der Waals surface area contributed by atoms with E-state index in [9.17, 15) is 22.4 Å². The number of benzene rings is 2. The second kappa shape index (κ2) is 8.76. The quantitative estimate of drug-likeness (QED) is 0.733. The summed E-state index contributed by atoms with van der Waals surface area (Å²) in [5, 5.41) is 2.65. The van der Waals surface area contributed by atoms with Crippen molar-refractivity contribution >= 4 is 27.5 Å². The minimum Gasteiger partial charge on any atom is -0.355 e. The third kappa shape index (κ3) is 4.77. The number of amides is 2. The molecule has 4 rings (SSSR count). The van der Waals surface area contributed by atoms with Gasteiger partial charge < -0.3 is 10.2 Å². The van der Waals surface area contributed by atoms with Crippen molar-refractivity contribution in [2.75, 3.05) is 30.3 Å². The molecule has 0 bridgehead atoms. The Morgan fingerprint density at radius 1 is 1.13 bits per heavy atom. The molecule has 1 fully saturated rings. The van der Waals surface area contributed by atoms with Gasteiger partial charge in [0.15, 0.2) is 0 Å². The first-order chi connectivity index (χ1) is 14.8. The Morgan fingerprint density at radius 2 is 1.90 bits per heavy atom. The van der Waals surface area contributed by atoms with Crippen LogP contribution >= 0.6 is 0 Å². The number of carbonyl (C=O) groups is 2. The predicted octanol–water partition coefficient (Wildman–Crippen LogP) is 1.68. The fraction of sp³-hybridized carbons (Fsp3) is 0.364. The van der Waals surface area contributed by atoms with E-state index in [0.717, 1.165) is 11.1 Å². The summed E-state index contributed by atoms with van der Waals surface area (Å²) in [5.74, 6) is -1.88. The van der Waals surface area contributed by atoms with Crippen molar-refractivity contribution < 1.29 is 22.4 Å². The van der Waals surface area contributed by atoms with Crippen LogP contribution in [0.15, 0.2) is 48.5 Å². The first kappa shape index (κ1) is 21.5. The van der Waals surface area contributed by atoms with Gasteiger partial charge in [0.25, 0.3) is 0 Å². The molecule has 2 aliphatic rings. The van der Waals surface area contributed by atoms with Crippen molar-refractivity contribution in [3.63, 3.8) is 0 Å². The number of hydrogen-bond acceptors (Lipinski definition) is 4. The molecule has 2 aromatic carbocycles. The van der Waals surface area contributed by atoms with Gasteiger partial charge in [-0.25, -0.2) is 12.8 Å². The lowest BCUT2D eigenvalue weighted by atomic mass is 10.0. The first-order valence-corrected chi connectivity index (χ1v) is 11.8. The number of carbonyl (C=O) groups excluding carboxylic acids is 2. The highest BCUT2D eigenvalue weighted by atomic mass is 32.2. The summed E-state index contributed by atoms with van der Waals surface area (Å²) < 4.78 is 40.3. The molecule has 2 aliphatic heterocycles. The minimum absolute atomic E-state index is 0.0119. The fourth-order valence-electron chi connectivity index (χ4n) is 4.06. The number of halogens is 1. The van der Waals surface area contributed by atoms with E-state index in [0.29, 0.717) is 25.2 Å². The maximum Gasteiger partial charge on any atom is 0.227 e. The van der Waals surface area contributed by atoms with E-state index in [1.54, 1.807) is 6.07 Å². The molecule has 2 amide bonds. The second-order valence-electron chi connectivity index (χ2n) is 7.84. The largest absolute Gasteiger partial charge is 0.355 e. The van der Waals surface area contributed by atoms with Gasteiger partial charge in [-0.1, -0.05) is 30.3 Å². The molecule has 164 valence electrons. The maximum atomic E-state index is 13.4. The van der Waals surface area contributed by atoms with E-state index in [1.807, 2.05) is 24.3 Å². The highest BCUT2D eigenvalue weighted by Gasteiger charge is 2.35. The SMILES string of the molecule is O=C(NCCS(=O)(=O)N1CCc2ccccc2C1)C1CC(=O)N(c2cccc(F)c2)C1. The molecule has 1 saturated heterocycles. The average molecular weight is 446 g/mol. The number of anilines is 1. The van der Waals surface area contributed by atoms with Crippen molar-refractivity contribution in [3.8, 4) is 0 Å². The Labute approximate surface area is 180 Å². The van der Waals surface area contributed by atoms with Gasteiger partial charge in [-0.3, -0.25) is 9.59 Å². The normalized spacial score (nSPS) is 19.3. The summed E-state index contributed by atoms with van der Waals surface area (Å²) in [7, 11) is -3.51. The van der Waals surface area contributed by atoms with Crippen LogP contribution in [0.5, 0.6) is 0 Å². The molecular weight excluding hydrogens is 421 g/mol. The predicted molar refractivity (Wildman–Crippen MR) is 114 cm³/mol.